The van der Waals surface area contributed by atoms with E-state index in [2.05, 4.69) is 4.98 Å². The van der Waals surface area contributed by atoms with Gasteiger partial charge in [0.1, 0.15) is 10.8 Å². The molecule has 1 nitrogen and oxygen atoms in total. The molecule has 0 saturated carbocycles. The molecular formula is C8H5ClF5N. The van der Waals surface area contributed by atoms with Gasteiger partial charge >= 0.3 is 6.18 Å². The maximum Gasteiger partial charge on any atom is 0.418 e. The highest BCUT2D eigenvalue weighted by molar-refractivity contribution is 6.29. The van der Waals surface area contributed by atoms with Crippen molar-refractivity contribution in [2.75, 3.05) is 0 Å². The van der Waals surface area contributed by atoms with Crippen LogP contribution in [0.4, 0.5) is 22.0 Å². The summed E-state index contributed by atoms with van der Waals surface area (Å²) in [5.41, 5.74) is -3.10. The molecule has 0 bridgehead atoms. The molecule has 0 amide bonds. The average molecular weight is 246 g/mol. The SMILES string of the molecule is Cc1cc(Cl)nc(C(F)F)c1C(F)(F)F. The number of pyridine rings is 1. The highest BCUT2D eigenvalue weighted by Crippen LogP contribution is 2.38. The maximum absolute atomic E-state index is 12.4. The number of halogens is 6. The number of nitrogens with zero attached hydrogens (tertiary/aromatic N) is 1. The van der Waals surface area contributed by atoms with Gasteiger partial charge < -0.3 is 0 Å². The monoisotopic (exact) mass is 245 g/mol. The van der Waals surface area contributed by atoms with Crippen LogP contribution in [0.5, 0.6) is 0 Å². The van der Waals surface area contributed by atoms with Crippen molar-refractivity contribution in [3.63, 3.8) is 0 Å². The lowest BCUT2D eigenvalue weighted by Gasteiger charge is -2.14. The fourth-order valence-corrected chi connectivity index (χ4v) is 1.44. The minimum absolute atomic E-state index is 0.363. The Morgan fingerprint density at radius 3 is 2.27 bits per heavy atom. The summed E-state index contributed by atoms with van der Waals surface area (Å²) < 4.78 is 61.7. The van der Waals surface area contributed by atoms with E-state index >= 15 is 0 Å². The van der Waals surface area contributed by atoms with Crippen LogP contribution in [0.3, 0.4) is 0 Å². The fraction of sp³-hybridized carbons (Fsp3) is 0.375. The molecule has 0 saturated heterocycles. The molecule has 1 rings (SSSR count). The molecule has 0 spiro atoms. The Bertz CT molecular complexity index is 374. The van der Waals surface area contributed by atoms with Crippen LogP contribution < -0.4 is 0 Å². The van der Waals surface area contributed by atoms with Crippen LogP contribution in [0.25, 0.3) is 0 Å². The van der Waals surface area contributed by atoms with Crippen LogP contribution >= 0.6 is 11.6 Å². The van der Waals surface area contributed by atoms with Crippen molar-refractivity contribution in [3.05, 3.63) is 28.0 Å². The zero-order valence-corrected chi connectivity index (χ0v) is 8.13. The second kappa shape index (κ2) is 3.92. The first-order valence-electron chi connectivity index (χ1n) is 3.76. The van der Waals surface area contributed by atoms with Crippen LogP contribution in [-0.4, -0.2) is 4.98 Å². The topological polar surface area (TPSA) is 12.9 Å². The van der Waals surface area contributed by atoms with E-state index in [-0.39, 0.29) is 10.7 Å². The van der Waals surface area contributed by atoms with Crippen molar-refractivity contribution >= 4 is 11.6 Å². The number of rotatable bonds is 1. The van der Waals surface area contributed by atoms with E-state index in [9.17, 15) is 22.0 Å². The first kappa shape index (κ1) is 12.2. The van der Waals surface area contributed by atoms with Crippen LogP contribution in [0.1, 0.15) is 23.2 Å². The summed E-state index contributed by atoms with van der Waals surface area (Å²) in [7, 11) is 0. The van der Waals surface area contributed by atoms with E-state index in [1.54, 1.807) is 0 Å². The molecule has 0 N–H and O–H groups in total. The van der Waals surface area contributed by atoms with Gasteiger partial charge in [-0.15, -0.1) is 0 Å². The summed E-state index contributed by atoms with van der Waals surface area (Å²) in [6.45, 7) is 1.06. The van der Waals surface area contributed by atoms with Crippen LogP contribution in [-0.2, 0) is 6.18 Å². The molecule has 84 valence electrons. The van der Waals surface area contributed by atoms with Gasteiger partial charge in [0.2, 0.25) is 0 Å². The maximum atomic E-state index is 12.4. The molecule has 0 unspecified atom stereocenters. The number of aryl methyl sites for hydroxylation is 1. The molecular weight excluding hydrogens is 241 g/mol. The normalized spacial score (nSPS) is 12.3. The van der Waals surface area contributed by atoms with Crippen LogP contribution in [0.15, 0.2) is 6.07 Å². The molecule has 1 aromatic rings. The van der Waals surface area contributed by atoms with Crippen molar-refractivity contribution in [3.8, 4) is 0 Å². The summed E-state index contributed by atoms with van der Waals surface area (Å²) in [5.74, 6) is 0. The minimum atomic E-state index is -4.85. The van der Waals surface area contributed by atoms with Crippen LogP contribution in [0.2, 0.25) is 5.15 Å². The second-order valence-corrected chi connectivity index (χ2v) is 3.21. The molecule has 7 heteroatoms. The highest BCUT2D eigenvalue weighted by Gasteiger charge is 2.38. The Balaban J connectivity index is 3.48. The van der Waals surface area contributed by atoms with Crippen molar-refractivity contribution in [2.24, 2.45) is 0 Å². The summed E-state index contributed by atoms with van der Waals surface area (Å²) in [6.07, 6.45) is -8.16. The predicted octanol–water partition coefficient (Wildman–Crippen LogP) is 4.00. The van der Waals surface area contributed by atoms with Gasteiger partial charge in [0.15, 0.2) is 0 Å². The van der Waals surface area contributed by atoms with E-state index in [0.717, 1.165) is 13.0 Å². The summed E-state index contributed by atoms with van der Waals surface area (Å²) in [6, 6.07) is 0.899. The van der Waals surface area contributed by atoms with E-state index in [1.165, 1.54) is 0 Å². The third kappa shape index (κ3) is 2.56. The van der Waals surface area contributed by atoms with Gasteiger partial charge in [-0.3, -0.25) is 0 Å². The van der Waals surface area contributed by atoms with Gasteiger partial charge in [-0.2, -0.15) is 13.2 Å². The summed E-state index contributed by atoms with van der Waals surface area (Å²) >= 11 is 5.30. The van der Waals surface area contributed by atoms with Gasteiger partial charge in [-0.05, 0) is 18.6 Å². The molecule has 0 aliphatic carbocycles. The van der Waals surface area contributed by atoms with E-state index < -0.39 is 23.9 Å². The molecule has 0 radical (unpaired) electrons. The van der Waals surface area contributed by atoms with Crippen molar-refractivity contribution < 1.29 is 22.0 Å². The third-order valence-corrected chi connectivity index (χ3v) is 1.90. The Morgan fingerprint density at radius 2 is 1.87 bits per heavy atom. The first-order chi connectivity index (χ1) is 6.73. The molecule has 0 aromatic carbocycles. The molecule has 15 heavy (non-hydrogen) atoms. The molecule has 0 atom stereocenters. The van der Waals surface area contributed by atoms with Gasteiger partial charge in [0.25, 0.3) is 6.43 Å². The van der Waals surface area contributed by atoms with E-state index in [0.29, 0.717) is 0 Å². The molecule has 1 heterocycles. The largest absolute Gasteiger partial charge is 0.418 e. The van der Waals surface area contributed by atoms with Crippen molar-refractivity contribution in [1.82, 2.24) is 4.98 Å². The third-order valence-electron chi connectivity index (χ3n) is 1.70. The molecule has 1 aromatic heterocycles. The number of aromatic nitrogens is 1. The number of alkyl halides is 5. The lowest BCUT2D eigenvalue weighted by atomic mass is 10.1. The zero-order chi connectivity index (χ0) is 11.8. The first-order valence-corrected chi connectivity index (χ1v) is 4.13. The van der Waals surface area contributed by atoms with Gasteiger partial charge in [-0.25, -0.2) is 13.8 Å². The van der Waals surface area contributed by atoms with Crippen LogP contribution in [0, 0.1) is 6.92 Å². The summed E-state index contributed by atoms with van der Waals surface area (Å²) in [4.78, 5) is 3.00. The Morgan fingerprint density at radius 1 is 1.33 bits per heavy atom. The lowest BCUT2D eigenvalue weighted by molar-refractivity contribution is -0.140. The number of hydrogen-bond donors (Lipinski definition) is 0. The van der Waals surface area contributed by atoms with E-state index in [4.69, 9.17) is 11.6 Å². The van der Waals surface area contributed by atoms with Gasteiger partial charge in [0, 0.05) is 0 Å². The van der Waals surface area contributed by atoms with Gasteiger partial charge in [0.05, 0.1) is 5.56 Å². The molecule has 0 aliphatic rings. The zero-order valence-electron chi connectivity index (χ0n) is 7.37. The minimum Gasteiger partial charge on any atom is -0.234 e. The Kier molecular flexibility index (Phi) is 3.18. The summed E-state index contributed by atoms with van der Waals surface area (Å²) in [5, 5.41) is -0.379. The predicted molar refractivity (Wildman–Crippen MR) is 43.9 cm³/mol. The average Bonchev–Trinajstić information content (AvgIpc) is 1.99. The molecule has 0 aliphatic heterocycles. The quantitative estimate of drug-likeness (QED) is 0.538. The van der Waals surface area contributed by atoms with Gasteiger partial charge in [-0.1, -0.05) is 11.6 Å². The number of hydrogen-bond acceptors (Lipinski definition) is 1. The second-order valence-electron chi connectivity index (χ2n) is 2.82. The van der Waals surface area contributed by atoms with E-state index in [1.807, 2.05) is 0 Å². The smallest absolute Gasteiger partial charge is 0.234 e. The van der Waals surface area contributed by atoms with Crippen molar-refractivity contribution in [2.45, 2.75) is 19.5 Å². The fourth-order valence-electron chi connectivity index (χ4n) is 1.18. The highest BCUT2D eigenvalue weighted by atomic mass is 35.5. The lowest BCUT2D eigenvalue weighted by Crippen LogP contribution is -2.13. The van der Waals surface area contributed by atoms with Crippen molar-refractivity contribution in [1.29, 1.82) is 0 Å². The Hall–Kier alpha value is -0.910. The molecule has 0 fully saturated rings. The Labute approximate surface area is 86.9 Å². The standard InChI is InChI=1S/C8H5ClF5N/c1-3-2-4(9)15-6(7(10)11)5(3)8(12,13)14/h2,7H,1H3.